The molecule has 0 amide bonds. The molecule has 1 aliphatic carbocycles. The van der Waals surface area contributed by atoms with Crippen LogP contribution in [-0.2, 0) is 23.0 Å². The van der Waals surface area contributed by atoms with Crippen LogP contribution in [0.1, 0.15) is 47.8 Å². The van der Waals surface area contributed by atoms with Gasteiger partial charge in [0.25, 0.3) is 0 Å². The fraction of sp³-hybridized carbons (Fsp3) is 0.429. The van der Waals surface area contributed by atoms with Crippen molar-refractivity contribution < 1.29 is 14.6 Å². The molecule has 1 spiro atoms. The van der Waals surface area contributed by atoms with E-state index < -0.39 is 11.6 Å². The smallest absolute Gasteiger partial charge is 0.337 e. The number of methoxy groups -OCH3 is 1. The molecule has 4 rings (SSSR count). The molecule has 0 fully saturated rings. The van der Waals surface area contributed by atoms with Crippen LogP contribution in [0.4, 0.5) is 5.82 Å². The van der Waals surface area contributed by atoms with Gasteiger partial charge in [-0.05, 0) is 62.9 Å². The molecule has 0 saturated heterocycles. The number of ether oxygens (including phenoxy) is 1. The number of rotatable bonds is 1. The highest BCUT2D eigenvalue weighted by molar-refractivity contribution is 5.89. The largest absolute Gasteiger partial charge is 0.465 e. The van der Waals surface area contributed by atoms with E-state index in [1.807, 2.05) is 23.1 Å². The molecule has 0 bridgehead atoms. The van der Waals surface area contributed by atoms with Gasteiger partial charge in [-0.2, -0.15) is 0 Å². The van der Waals surface area contributed by atoms with Crippen LogP contribution >= 0.6 is 0 Å². The van der Waals surface area contributed by atoms with Gasteiger partial charge >= 0.3 is 5.97 Å². The first kappa shape index (κ1) is 17.0. The Morgan fingerprint density at radius 3 is 2.69 bits per heavy atom. The molecule has 136 valence electrons. The molecule has 2 aromatic rings. The fourth-order valence-corrected chi connectivity index (χ4v) is 4.49. The van der Waals surface area contributed by atoms with E-state index in [4.69, 9.17) is 4.74 Å². The summed E-state index contributed by atoms with van der Waals surface area (Å²) in [5.74, 6) is 0.521. The van der Waals surface area contributed by atoms with Gasteiger partial charge in [-0.15, -0.1) is 0 Å². The van der Waals surface area contributed by atoms with Crippen molar-refractivity contribution in [1.29, 1.82) is 0 Å². The van der Waals surface area contributed by atoms with Crippen LogP contribution in [0.2, 0.25) is 0 Å². The maximum atomic E-state index is 11.9. The molecule has 1 aromatic carbocycles. The SMILES string of the molecule is COC(=O)c1ccc2c(c1)CC1(C2)c2cccnc2N(C(C)(C)C)C1O. The summed E-state index contributed by atoms with van der Waals surface area (Å²) in [4.78, 5) is 18.5. The van der Waals surface area contributed by atoms with Crippen LogP contribution in [0, 0.1) is 0 Å². The number of benzene rings is 1. The number of anilines is 1. The highest BCUT2D eigenvalue weighted by Gasteiger charge is 2.56. The lowest BCUT2D eigenvalue weighted by molar-refractivity contribution is 0.0600. The summed E-state index contributed by atoms with van der Waals surface area (Å²) in [7, 11) is 1.39. The number of carbonyl (C=O) groups is 1. The maximum absolute atomic E-state index is 11.9. The highest BCUT2D eigenvalue weighted by atomic mass is 16.5. The lowest BCUT2D eigenvalue weighted by Crippen LogP contribution is -2.53. The van der Waals surface area contributed by atoms with E-state index >= 15 is 0 Å². The number of hydrogen-bond donors (Lipinski definition) is 1. The number of nitrogens with zero attached hydrogens (tertiary/aromatic N) is 2. The fourth-order valence-electron chi connectivity index (χ4n) is 4.49. The monoisotopic (exact) mass is 352 g/mol. The summed E-state index contributed by atoms with van der Waals surface area (Å²) in [5.41, 5.74) is 3.21. The predicted octanol–water partition coefficient (Wildman–Crippen LogP) is 2.84. The van der Waals surface area contributed by atoms with Crippen molar-refractivity contribution in [2.45, 2.75) is 50.8 Å². The van der Waals surface area contributed by atoms with Crippen LogP contribution in [0.3, 0.4) is 0 Å². The minimum absolute atomic E-state index is 0.252. The molecule has 5 heteroatoms. The predicted molar refractivity (Wildman–Crippen MR) is 99.3 cm³/mol. The van der Waals surface area contributed by atoms with Gasteiger partial charge in [0.1, 0.15) is 12.0 Å². The zero-order chi connectivity index (χ0) is 18.7. The standard InChI is InChI=1S/C21H24N2O3/c1-20(2,3)23-17-16(6-5-9-22-17)21(19(23)25)11-14-8-7-13(18(24)26-4)10-15(14)12-21/h5-10,19,25H,11-12H2,1-4H3. The minimum Gasteiger partial charge on any atom is -0.465 e. The lowest BCUT2D eigenvalue weighted by Gasteiger charge is -2.40. The molecule has 1 N–H and O–H groups in total. The Morgan fingerprint density at radius 2 is 2.00 bits per heavy atom. The second-order valence-corrected chi connectivity index (χ2v) is 8.27. The van der Waals surface area contributed by atoms with Crippen molar-refractivity contribution in [3.8, 4) is 0 Å². The quantitative estimate of drug-likeness (QED) is 0.800. The molecular weight excluding hydrogens is 328 g/mol. The van der Waals surface area contributed by atoms with E-state index in [-0.39, 0.29) is 11.5 Å². The van der Waals surface area contributed by atoms with E-state index in [2.05, 4.69) is 31.8 Å². The first-order chi connectivity index (χ1) is 12.3. The number of pyridine rings is 1. The van der Waals surface area contributed by atoms with Crippen LogP contribution in [0.15, 0.2) is 36.5 Å². The lowest BCUT2D eigenvalue weighted by atomic mass is 9.78. The Hall–Kier alpha value is -2.40. The van der Waals surface area contributed by atoms with Crippen LogP contribution < -0.4 is 4.90 Å². The summed E-state index contributed by atoms with van der Waals surface area (Å²) in [6, 6.07) is 9.70. The molecule has 5 nitrogen and oxygen atoms in total. The molecule has 1 aromatic heterocycles. The van der Waals surface area contributed by atoms with Crippen molar-refractivity contribution in [2.24, 2.45) is 0 Å². The highest BCUT2D eigenvalue weighted by Crippen LogP contribution is 2.53. The first-order valence-corrected chi connectivity index (χ1v) is 8.91. The van der Waals surface area contributed by atoms with Crippen molar-refractivity contribution in [3.05, 3.63) is 58.8 Å². The van der Waals surface area contributed by atoms with Crippen molar-refractivity contribution in [3.63, 3.8) is 0 Å². The van der Waals surface area contributed by atoms with Crippen molar-refractivity contribution in [2.75, 3.05) is 12.0 Å². The van der Waals surface area contributed by atoms with Gasteiger partial charge in [-0.25, -0.2) is 9.78 Å². The molecule has 2 heterocycles. The van der Waals surface area contributed by atoms with Gasteiger partial charge in [-0.3, -0.25) is 0 Å². The van der Waals surface area contributed by atoms with Gasteiger partial charge in [0.05, 0.1) is 18.1 Å². The maximum Gasteiger partial charge on any atom is 0.337 e. The molecule has 0 saturated carbocycles. The van der Waals surface area contributed by atoms with E-state index in [1.165, 1.54) is 12.7 Å². The average Bonchev–Trinajstić information content (AvgIpc) is 3.10. The molecule has 2 aliphatic rings. The van der Waals surface area contributed by atoms with E-state index in [1.54, 1.807) is 12.3 Å². The molecule has 2 unspecified atom stereocenters. The Balaban J connectivity index is 1.81. The first-order valence-electron chi connectivity index (χ1n) is 8.91. The second kappa shape index (κ2) is 5.55. The summed E-state index contributed by atoms with van der Waals surface area (Å²) in [6.45, 7) is 6.27. The Morgan fingerprint density at radius 1 is 1.27 bits per heavy atom. The molecule has 26 heavy (non-hydrogen) atoms. The van der Waals surface area contributed by atoms with Gasteiger partial charge in [0, 0.05) is 17.3 Å². The number of aliphatic hydroxyl groups excluding tert-OH is 1. The number of fused-ring (bicyclic) bond motifs is 3. The molecule has 0 radical (unpaired) electrons. The number of aromatic nitrogens is 1. The van der Waals surface area contributed by atoms with E-state index in [9.17, 15) is 9.90 Å². The van der Waals surface area contributed by atoms with Crippen LogP contribution in [-0.4, -0.2) is 34.9 Å². The van der Waals surface area contributed by atoms with E-state index in [0.29, 0.717) is 12.0 Å². The second-order valence-electron chi connectivity index (χ2n) is 8.27. The number of aliphatic hydroxyl groups is 1. The minimum atomic E-state index is -0.665. The Bertz CT molecular complexity index is 887. The van der Waals surface area contributed by atoms with E-state index in [0.717, 1.165) is 23.4 Å². The number of carbonyl (C=O) groups excluding carboxylic acids is 1. The zero-order valence-electron chi connectivity index (χ0n) is 15.6. The number of esters is 1. The average molecular weight is 352 g/mol. The van der Waals surface area contributed by atoms with Crippen LogP contribution in [0.5, 0.6) is 0 Å². The Kier molecular flexibility index (Phi) is 3.63. The van der Waals surface area contributed by atoms with Crippen molar-refractivity contribution >= 4 is 11.8 Å². The number of hydrogen-bond acceptors (Lipinski definition) is 5. The molecular formula is C21H24N2O3. The summed E-state index contributed by atoms with van der Waals surface area (Å²) < 4.78 is 4.85. The molecule has 1 aliphatic heterocycles. The van der Waals surface area contributed by atoms with Crippen molar-refractivity contribution in [1.82, 2.24) is 4.98 Å². The van der Waals surface area contributed by atoms with Gasteiger partial charge in [-0.1, -0.05) is 12.1 Å². The molecule has 2 atom stereocenters. The normalized spacial score (nSPS) is 23.9. The third kappa shape index (κ3) is 2.27. The van der Waals surface area contributed by atoms with Gasteiger partial charge < -0.3 is 14.7 Å². The topological polar surface area (TPSA) is 62.7 Å². The van der Waals surface area contributed by atoms with Crippen LogP contribution in [0.25, 0.3) is 0 Å². The summed E-state index contributed by atoms with van der Waals surface area (Å²) >= 11 is 0. The zero-order valence-corrected chi connectivity index (χ0v) is 15.6. The van der Waals surface area contributed by atoms with Gasteiger partial charge in [0.2, 0.25) is 0 Å². The Labute approximate surface area is 153 Å². The third-order valence-electron chi connectivity index (χ3n) is 5.65. The summed E-state index contributed by atoms with van der Waals surface area (Å²) in [5, 5.41) is 11.4. The third-order valence-corrected chi connectivity index (χ3v) is 5.65. The summed E-state index contributed by atoms with van der Waals surface area (Å²) in [6.07, 6.45) is 2.53. The van der Waals surface area contributed by atoms with Gasteiger partial charge in [0.15, 0.2) is 0 Å².